The maximum Gasteiger partial charge on any atom is 0.345 e. The van der Waals surface area contributed by atoms with Crippen molar-refractivity contribution in [3.8, 4) is 0 Å². The fourth-order valence-corrected chi connectivity index (χ4v) is 4.24. The fourth-order valence-electron chi connectivity index (χ4n) is 2.11. The van der Waals surface area contributed by atoms with Gasteiger partial charge in [-0.05, 0) is 18.9 Å². The van der Waals surface area contributed by atoms with Crippen molar-refractivity contribution < 1.29 is 23.1 Å². The van der Waals surface area contributed by atoms with E-state index in [1.807, 2.05) is 0 Å². The van der Waals surface area contributed by atoms with E-state index in [2.05, 4.69) is 4.72 Å². The molecule has 0 amide bonds. The van der Waals surface area contributed by atoms with Gasteiger partial charge in [0.05, 0.1) is 17.6 Å². The predicted molar refractivity (Wildman–Crippen MR) is 74.7 cm³/mol. The molecule has 1 fully saturated rings. The van der Waals surface area contributed by atoms with Crippen molar-refractivity contribution in [1.29, 1.82) is 0 Å². The minimum Gasteiger partial charge on any atom is -0.477 e. The number of aromatic carboxylic acids is 1. The number of hydrogen-bond donors (Lipinski definition) is 2. The van der Waals surface area contributed by atoms with Gasteiger partial charge in [0.1, 0.15) is 4.88 Å². The molecule has 0 saturated heterocycles. The summed E-state index contributed by atoms with van der Waals surface area (Å²) in [6, 6.07) is 1.16. The normalized spacial score (nSPS) is 16.6. The third-order valence-corrected chi connectivity index (χ3v) is 5.65. The zero-order valence-electron chi connectivity index (χ0n) is 10.9. The molecule has 0 radical (unpaired) electrons. The highest BCUT2D eigenvalue weighted by Gasteiger charge is 2.19. The molecular weight excluding hydrogens is 302 g/mol. The van der Waals surface area contributed by atoms with Gasteiger partial charge in [0.2, 0.25) is 10.0 Å². The van der Waals surface area contributed by atoms with Crippen molar-refractivity contribution >= 4 is 27.3 Å². The largest absolute Gasteiger partial charge is 0.477 e. The van der Waals surface area contributed by atoms with Gasteiger partial charge in [-0.25, -0.2) is 17.9 Å². The lowest BCUT2D eigenvalue weighted by atomic mass is 10.3. The van der Waals surface area contributed by atoms with E-state index < -0.39 is 16.0 Å². The summed E-state index contributed by atoms with van der Waals surface area (Å²) in [4.78, 5) is 10.7. The Balaban J connectivity index is 1.82. The quantitative estimate of drug-likeness (QED) is 0.746. The number of carbonyl (C=O) groups is 1. The van der Waals surface area contributed by atoms with Crippen LogP contribution in [0.4, 0.5) is 0 Å². The molecule has 20 heavy (non-hydrogen) atoms. The summed E-state index contributed by atoms with van der Waals surface area (Å²) in [5.74, 6) is -1.12. The number of carboxylic acids is 1. The van der Waals surface area contributed by atoms with Crippen molar-refractivity contribution in [2.24, 2.45) is 0 Å². The molecular formula is C12H17NO5S2. The molecule has 1 aromatic heterocycles. The van der Waals surface area contributed by atoms with Gasteiger partial charge < -0.3 is 9.84 Å². The third kappa shape index (κ3) is 4.02. The molecule has 6 nitrogen and oxygen atoms in total. The van der Waals surface area contributed by atoms with E-state index >= 15 is 0 Å². The Hall–Kier alpha value is -0.960. The number of rotatable bonds is 7. The van der Waals surface area contributed by atoms with Crippen molar-refractivity contribution in [2.45, 2.75) is 36.7 Å². The SMILES string of the molecule is O=C(O)c1cc(S(=O)(=O)NCCOC2CCCC2)cs1. The van der Waals surface area contributed by atoms with Crippen LogP contribution in [0.15, 0.2) is 16.3 Å². The highest BCUT2D eigenvalue weighted by atomic mass is 32.2. The van der Waals surface area contributed by atoms with E-state index in [4.69, 9.17) is 9.84 Å². The molecule has 0 spiro atoms. The number of nitrogens with one attached hydrogen (secondary N) is 1. The Bertz CT molecular complexity index is 560. The molecule has 2 N–H and O–H groups in total. The molecule has 1 aromatic rings. The molecule has 0 aliphatic heterocycles. The molecule has 0 bridgehead atoms. The number of thiophene rings is 1. The first-order valence-electron chi connectivity index (χ1n) is 6.42. The van der Waals surface area contributed by atoms with E-state index in [9.17, 15) is 13.2 Å². The average molecular weight is 319 g/mol. The molecule has 8 heteroatoms. The second-order valence-corrected chi connectivity index (χ2v) is 7.31. The van der Waals surface area contributed by atoms with Gasteiger partial charge in [0.25, 0.3) is 0 Å². The smallest absolute Gasteiger partial charge is 0.345 e. The molecule has 1 heterocycles. The molecule has 0 atom stereocenters. The molecule has 1 aliphatic carbocycles. The zero-order valence-corrected chi connectivity index (χ0v) is 12.5. The van der Waals surface area contributed by atoms with Crippen LogP contribution in [0.2, 0.25) is 0 Å². The van der Waals surface area contributed by atoms with Crippen LogP contribution in [-0.2, 0) is 14.8 Å². The van der Waals surface area contributed by atoms with Gasteiger partial charge in [0, 0.05) is 11.9 Å². The summed E-state index contributed by atoms with van der Waals surface area (Å²) in [5, 5.41) is 10.1. The minimum atomic E-state index is -3.65. The maximum atomic E-state index is 11.9. The lowest BCUT2D eigenvalue weighted by Crippen LogP contribution is -2.28. The lowest BCUT2D eigenvalue weighted by Gasteiger charge is -2.11. The molecule has 2 rings (SSSR count). The summed E-state index contributed by atoms with van der Waals surface area (Å²) in [7, 11) is -3.65. The van der Waals surface area contributed by atoms with Crippen LogP contribution < -0.4 is 4.72 Å². The van der Waals surface area contributed by atoms with Gasteiger partial charge in [-0.15, -0.1) is 11.3 Å². The summed E-state index contributed by atoms with van der Waals surface area (Å²) in [6.07, 6.45) is 4.67. The summed E-state index contributed by atoms with van der Waals surface area (Å²) in [5.41, 5.74) is 0. The Morgan fingerprint density at radius 3 is 2.75 bits per heavy atom. The first-order valence-corrected chi connectivity index (χ1v) is 8.78. The minimum absolute atomic E-state index is 0.00702. The highest BCUT2D eigenvalue weighted by Crippen LogP contribution is 2.21. The topological polar surface area (TPSA) is 92.7 Å². The number of ether oxygens (including phenoxy) is 1. The number of hydrogen-bond acceptors (Lipinski definition) is 5. The van der Waals surface area contributed by atoms with E-state index in [0.717, 1.165) is 30.2 Å². The van der Waals surface area contributed by atoms with Crippen LogP contribution in [0, 0.1) is 0 Å². The van der Waals surface area contributed by atoms with Gasteiger partial charge in [0.15, 0.2) is 0 Å². The first-order chi connectivity index (χ1) is 9.49. The van der Waals surface area contributed by atoms with Crippen molar-refractivity contribution in [1.82, 2.24) is 4.72 Å². The average Bonchev–Trinajstić information content (AvgIpc) is 3.05. The van der Waals surface area contributed by atoms with Gasteiger partial charge in [-0.3, -0.25) is 0 Å². The fraction of sp³-hybridized carbons (Fsp3) is 0.583. The third-order valence-electron chi connectivity index (χ3n) is 3.15. The van der Waals surface area contributed by atoms with Crippen LogP contribution in [0.3, 0.4) is 0 Å². The Labute approximate surface area is 121 Å². The summed E-state index contributed by atoms with van der Waals surface area (Å²) in [6.45, 7) is 0.525. The number of sulfonamides is 1. The van der Waals surface area contributed by atoms with E-state index in [0.29, 0.717) is 6.61 Å². The van der Waals surface area contributed by atoms with Crippen LogP contribution in [0.5, 0.6) is 0 Å². The maximum absolute atomic E-state index is 11.9. The summed E-state index contributed by atoms with van der Waals surface area (Å²) < 4.78 is 31.8. The van der Waals surface area contributed by atoms with Crippen LogP contribution in [0.1, 0.15) is 35.4 Å². The molecule has 0 unspecified atom stereocenters. The van der Waals surface area contributed by atoms with Crippen molar-refractivity contribution in [3.05, 3.63) is 16.3 Å². The van der Waals surface area contributed by atoms with E-state index in [-0.39, 0.29) is 22.4 Å². The van der Waals surface area contributed by atoms with Gasteiger partial charge in [-0.2, -0.15) is 0 Å². The van der Waals surface area contributed by atoms with Crippen LogP contribution in [0.25, 0.3) is 0 Å². The molecule has 1 saturated carbocycles. The Morgan fingerprint density at radius 2 is 2.15 bits per heavy atom. The molecule has 1 aliphatic rings. The Morgan fingerprint density at radius 1 is 1.45 bits per heavy atom. The monoisotopic (exact) mass is 319 g/mol. The molecule has 0 aromatic carbocycles. The first kappa shape index (κ1) is 15.4. The van der Waals surface area contributed by atoms with E-state index in [1.54, 1.807) is 0 Å². The van der Waals surface area contributed by atoms with Crippen LogP contribution >= 0.6 is 11.3 Å². The van der Waals surface area contributed by atoms with Crippen LogP contribution in [-0.4, -0.2) is 38.7 Å². The van der Waals surface area contributed by atoms with Gasteiger partial charge >= 0.3 is 5.97 Å². The lowest BCUT2D eigenvalue weighted by molar-refractivity contribution is 0.0626. The van der Waals surface area contributed by atoms with E-state index in [1.165, 1.54) is 18.2 Å². The second kappa shape index (κ2) is 6.66. The van der Waals surface area contributed by atoms with Crippen molar-refractivity contribution in [3.63, 3.8) is 0 Å². The zero-order chi connectivity index (χ0) is 14.6. The standard InChI is InChI=1S/C12H17NO5S2/c14-12(15)11-7-10(8-19-11)20(16,17)13-5-6-18-9-3-1-2-4-9/h7-9,13H,1-6H2,(H,14,15). The van der Waals surface area contributed by atoms with Crippen molar-refractivity contribution in [2.75, 3.05) is 13.2 Å². The Kier molecular flexibility index (Phi) is 5.14. The summed E-state index contributed by atoms with van der Waals surface area (Å²) >= 11 is 0.894. The number of carboxylic acid groups (broad SMARTS) is 1. The highest BCUT2D eigenvalue weighted by molar-refractivity contribution is 7.89. The molecule has 112 valence electrons. The predicted octanol–water partition coefficient (Wildman–Crippen LogP) is 1.68. The second-order valence-electron chi connectivity index (χ2n) is 4.63. The van der Waals surface area contributed by atoms with Gasteiger partial charge in [-0.1, -0.05) is 12.8 Å².